The Bertz CT molecular complexity index is 697. The highest BCUT2D eigenvalue weighted by atomic mass is 15.3. The Morgan fingerprint density at radius 2 is 2.05 bits per heavy atom. The second-order valence-electron chi connectivity index (χ2n) is 5.66. The highest BCUT2D eigenvalue weighted by Gasteiger charge is 2.04. The molecule has 0 fully saturated rings. The van der Waals surface area contributed by atoms with Gasteiger partial charge in [-0.3, -0.25) is 4.68 Å². The number of imidazole rings is 1. The highest BCUT2D eigenvalue weighted by Crippen LogP contribution is 2.09. The molecule has 3 rings (SSSR count). The van der Waals surface area contributed by atoms with Gasteiger partial charge in [0.2, 0.25) is 0 Å². The average Bonchev–Trinajstić information content (AvgIpc) is 3.18. The van der Waals surface area contributed by atoms with Gasteiger partial charge in [-0.1, -0.05) is 12.1 Å². The van der Waals surface area contributed by atoms with E-state index in [1.807, 2.05) is 21.6 Å². The second-order valence-corrected chi connectivity index (χ2v) is 5.66. The lowest BCUT2D eigenvalue weighted by atomic mass is 10.2. The number of nitrogens with one attached hydrogen (secondary N) is 1. The van der Waals surface area contributed by atoms with Gasteiger partial charge in [0, 0.05) is 36.9 Å². The number of hydrogen-bond acceptors (Lipinski definition) is 3. The zero-order valence-corrected chi connectivity index (χ0v) is 13.0. The monoisotopic (exact) mass is 295 g/mol. The fraction of sp³-hybridized carbons (Fsp3) is 0.294. The number of aryl methyl sites for hydroxylation is 1. The molecule has 114 valence electrons. The number of benzene rings is 1. The van der Waals surface area contributed by atoms with Gasteiger partial charge in [0.15, 0.2) is 0 Å². The molecule has 0 aliphatic heterocycles. The van der Waals surface area contributed by atoms with Crippen LogP contribution >= 0.6 is 0 Å². The summed E-state index contributed by atoms with van der Waals surface area (Å²) in [6.07, 6.45) is 9.50. The van der Waals surface area contributed by atoms with Crippen LogP contribution in [0.3, 0.4) is 0 Å². The van der Waals surface area contributed by atoms with Gasteiger partial charge >= 0.3 is 0 Å². The lowest BCUT2D eigenvalue weighted by molar-refractivity contribution is 0.450. The summed E-state index contributed by atoms with van der Waals surface area (Å²) in [6.45, 7) is 5.97. The topological polar surface area (TPSA) is 47.7 Å². The third-order valence-electron chi connectivity index (χ3n) is 3.62. The fourth-order valence-corrected chi connectivity index (χ4v) is 2.40. The van der Waals surface area contributed by atoms with Crippen molar-refractivity contribution in [2.75, 3.05) is 0 Å². The lowest BCUT2D eigenvalue weighted by Gasteiger charge is -2.14. The molecule has 0 saturated heterocycles. The van der Waals surface area contributed by atoms with Gasteiger partial charge in [0.05, 0.1) is 19.1 Å². The molecule has 5 nitrogen and oxygen atoms in total. The van der Waals surface area contributed by atoms with Gasteiger partial charge < -0.3 is 9.88 Å². The van der Waals surface area contributed by atoms with Gasteiger partial charge in [0.25, 0.3) is 0 Å². The van der Waals surface area contributed by atoms with Crippen molar-refractivity contribution in [3.8, 4) is 5.69 Å². The smallest absolute Gasteiger partial charge is 0.0991 e. The van der Waals surface area contributed by atoms with Crippen molar-refractivity contribution in [1.82, 2.24) is 24.6 Å². The van der Waals surface area contributed by atoms with E-state index in [9.17, 15) is 0 Å². The first kappa shape index (κ1) is 14.5. The Morgan fingerprint density at radius 3 is 2.68 bits per heavy atom. The van der Waals surface area contributed by atoms with Crippen LogP contribution in [0.25, 0.3) is 5.69 Å². The van der Waals surface area contributed by atoms with Crippen LogP contribution in [-0.2, 0) is 13.1 Å². The number of aromatic nitrogens is 4. The molecule has 1 atom stereocenters. The molecule has 2 heterocycles. The molecule has 3 aromatic rings. The minimum absolute atomic E-state index is 0.368. The number of hydrogen-bond donors (Lipinski definition) is 1. The van der Waals surface area contributed by atoms with E-state index in [1.54, 1.807) is 12.5 Å². The Hall–Kier alpha value is -2.40. The maximum atomic E-state index is 4.32. The van der Waals surface area contributed by atoms with Gasteiger partial charge in [0.1, 0.15) is 0 Å². The van der Waals surface area contributed by atoms with E-state index in [0.29, 0.717) is 6.04 Å². The van der Waals surface area contributed by atoms with E-state index in [4.69, 9.17) is 0 Å². The summed E-state index contributed by atoms with van der Waals surface area (Å²) in [5.74, 6) is 0. The summed E-state index contributed by atoms with van der Waals surface area (Å²) in [7, 11) is 0. The molecule has 1 N–H and O–H groups in total. The summed E-state index contributed by atoms with van der Waals surface area (Å²) in [5, 5.41) is 7.85. The van der Waals surface area contributed by atoms with Crippen molar-refractivity contribution in [1.29, 1.82) is 0 Å². The largest absolute Gasteiger partial charge is 0.308 e. The molecule has 22 heavy (non-hydrogen) atoms. The average molecular weight is 295 g/mol. The van der Waals surface area contributed by atoms with Crippen molar-refractivity contribution >= 4 is 0 Å². The summed E-state index contributed by atoms with van der Waals surface area (Å²) in [4.78, 5) is 4.06. The van der Waals surface area contributed by atoms with Gasteiger partial charge in [-0.05, 0) is 37.1 Å². The molecule has 0 spiro atoms. The molecular weight excluding hydrogens is 274 g/mol. The van der Waals surface area contributed by atoms with Crippen molar-refractivity contribution in [2.45, 2.75) is 33.0 Å². The molecular formula is C17H21N5. The van der Waals surface area contributed by atoms with Crippen LogP contribution in [0.1, 0.15) is 18.1 Å². The Kier molecular flexibility index (Phi) is 4.34. The molecule has 5 heteroatoms. The van der Waals surface area contributed by atoms with E-state index in [-0.39, 0.29) is 0 Å². The molecule has 1 unspecified atom stereocenters. The minimum atomic E-state index is 0.368. The van der Waals surface area contributed by atoms with Crippen LogP contribution in [0.5, 0.6) is 0 Å². The van der Waals surface area contributed by atoms with Crippen molar-refractivity contribution in [2.24, 2.45) is 0 Å². The van der Waals surface area contributed by atoms with Crippen LogP contribution < -0.4 is 5.32 Å². The predicted molar refractivity (Wildman–Crippen MR) is 86.8 cm³/mol. The van der Waals surface area contributed by atoms with E-state index in [2.05, 4.69) is 59.7 Å². The van der Waals surface area contributed by atoms with Gasteiger partial charge in [-0.25, -0.2) is 4.98 Å². The van der Waals surface area contributed by atoms with Crippen LogP contribution in [0, 0.1) is 6.92 Å². The predicted octanol–water partition coefficient (Wildman–Crippen LogP) is 2.56. The minimum Gasteiger partial charge on any atom is -0.308 e. The maximum absolute atomic E-state index is 4.32. The number of rotatable bonds is 6. The first-order chi connectivity index (χ1) is 10.7. The molecule has 1 aromatic carbocycles. The van der Waals surface area contributed by atoms with Crippen LogP contribution in [0.4, 0.5) is 0 Å². The summed E-state index contributed by atoms with van der Waals surface area (Å²) < 4.78 is 3.98. The third kappa shape index (κ3) is 3.62. The molecule has 0 radical (unpaired) electrons. The highest BCUT2D eigenvalue weighted by molar-refractivity contribution is 5.34. The zero-order valence-electron chi connectivity index (χ0n) is 13.0. The van der Waals surface area contributed by atoms with E-state index in [1.165, 1.54) is 11.1 Å². The van der Waals surface area contributed by atoms with Crippen LogP contribution in [0.2, 0.25) is 0 Å². The summed E-state index contributed by atoms with van der Waals surface area (Å²) in [5.41, 5.74) is 3.59. The maximum Gasteiger partial charge on any atom is 0.0991 e. The van der Waals surface area contributed by atoms with E-state index in [0.717, 1.165) is 18.8 Å². The SMILES string of the molecule is Cc1cnn(CC(C)NCc2ccc(-n3ccnc3)cc2)c1. The van der Waals surface area contributed by atoms with Crippen molar-refractivity contribution < 1.29 is 0 Å². The second kappa shape index (κ2) is 6.58. The molecule has 2 aromatic heterocycles. The zero-order chi connectivity index (χ0) is 15.4. The summed E-state index contributed by atoms with van der Waals surface area (Å²) in [6, 6.07) is 8.88. The van der Waals surface area contributed by atoms with E-state index >= 15 is 0 Å². The van der Waals surface area contributed by atoms with Gasteiger partial charge in [-0.15, -0.1) is 0 Å². The lowest BCUT2D eigenvalue weighted by Crippen LogP contribution is -2.30. The Labute approximate surface area is 130 Å². The molecule has 0 aliphatic rings. The van der Waals surface area contributed by atoms with E-state index < -0.39 is 0 Å². The normalized spacial score (nSPS) is 12.5. The van der Waals surface area contributed by atoms with Crippen molar-refractivity contribution in [3.05, 3.63) is 66.5 Å². The molecule has 0 saturated carbocycles. The first-order valence-electron chi connectivity index (χ1n) is 7.50. The Morgan fingerprint density at radius 1 is 1.23 bits per heavy atom. The molecule has 0 amide bonds. The van der Waals surface area contributed by atoms with Gasteiger partial charge in [-0.2, -0.15) is 5.10 Å². The number of nitrogens with zero attached hydrogens (tertiary/aromatic N) is 4. The fourth-order valence-electron chi connectivity index (χ4n) is 2.40. The summed E-state index contributed by atoms with van der Waals surface area (Å²) >= 11 is 0. The molecule has 0 bridgehead atoms. The first-order valence-corrected chi connectivity index (χ1v) is 7.50. The molecule has 0 aliphatic carbocycles. The van der Waals surface area contributed by atoms with Crippen molar-refractivity contribution in [3.63, 3.8) is 0 Å². The van der Waals surface area contributed by atoms with Crippen LogP contribution in [-0.4, -0.2) is 25.4 Å². The van der Waals surface area contributed by atoms with Crippen LogP contribution in [0.15, 0.2) is 55.4 Å². The third-order valence-corrected chi connectivity index (χ3v) is 3.62. The standard InChI is InChI=1S/C17H21N5/c1-14-9-20-22(11-14)12-15(2)19-10-16-3-5-17(6-4-16)21-8-7-18-13-21/h3-9,11,13,15,19H,10,12H2,1-2H3. The quantitative estimate of drug-likeness (QED) is 0.760. The Balaban J connectivity index is 1.53.